The Morgan fingerprint density at radius 1 is 1.03 bits per heavy atom. The molecule has 1 aromatic rings. The van der Waals surface area contributed by atoms with Gasteiger partial charge in [-0.15, -0.1) is 0 Å². The highest BCUT2D eigenvalue weighted by Crippen LogP contribution is 2.40. The second-order valence-electron chi connectivity index (χ2n) is 9.32. The van der Waals surface area contributed by atoms with Crippen LogP contribution in [0.2, 0.25) is 0 Å². The van der Waals surface area contributed by atoms with Crippen molar-refractivity contribution < 1.29 is 14.3 Å². The third-order valence-electron chi connectivity index (χ3n) is 5.84. The van der Waals surface area contributed by atoms with Gasteiger partial charge >= 0.3 is 5.97 Å². The second kappa shape index (κ2) is 11.6. The SMILES string of the molecule is CC1=C(/C=C/C(C)=C\C=C\C(C)=C\C(=O)OCC(=O)c2ccc(C)cc2)C(C)(C)CCC1. The maximum Gasteiger partial charge on any atom is 0.331 e. The predicted octanol–water partition coefficient (Wildman–Crippen LogP) is 7.25. The molecule has 0 aromatic heterocycles. The number of carbonyl (C=O) groups excluding carboxylic acids is 2. The lowest BCUT2D eigenvalue weighted by Gasteiger charge is -2.32. The van der Waals surface area contributed by atoms with Gasteiger partial charge in [-0.05, 0) is 63.5 Å². The van der Waals surface area contributed by atoms with Gasteiger partial charge in [0, 0.05) is 11.6 Å². The van der Waals surface area contributed by atoms with E-state index in [4.69, 9.17) is 4.74 Å². The Balaban J connectivity index is 1.88. The molecule has 170 valence electrons. The highest BCUT2D eigenvalue weighted by Gasteiger charge is 2.26. The lowest BCUT2D eigenvalue weighted by molar-refractivity contribution is -0.136. The third kappa shape index (κ3) is 7.96. The van der Waals surface area contributed by atoms with Gasteiger partial charge in [0.1, 0.15) is 0 Å². The van der Waals surface area contributed by atoms with Crippen LogP contribution in [0.25, 0.3) is 0 Å². The van der Waals surface area contributed by atoms with Crippen molar-refractivity contribution in [2.45, 2.75) is 60.8 Å². The van der Waals surface area contributed by atoms with Crippen LogP contribution in [0.1, 0.15) is 69.8 Å². The summed E-state index contributed by atoms with van der Waals surface area (Å²) in [5.74, 6) is -0.730. The Labute approximate surface area is 193 Å². The van der Waals surface area contributed by atoms with Crippen molar-refractivity contribution in [1.29, 1.82) is 0 Å². The van der Waals surface area contributed by atoms with Gasteiger partial charge in [-0.25, -0.2) is 4.79 Å². The molecule has 0 amide bonds. The molecule has 3 nitrogen and oxygen atoms in total. The molecule has 0 heterocycles. The van der Waals surface area contributed by atoms with Gasteiger partial charge in [0.15, 0.2) is 12.4 Å². The minimum atomic E-state index is -0.518. The van der Waals surface area contributed by atoms with Crippen molar-refractivity contribution in [3.05, 3.63) is 94.1 Å². The van der Waals surface area contributed by atoms with E-state index < -0.39 is 5.97 Å². The number of hydrogen-bond acceptors (Lipinski definition) is 3. The number of allylic oxidation sites excluding steroid dienone is 9. The minimum absolute atomic E-state index is 0.211. The summed E-state index contributed by atoms with van der Waals surface area (Å²) in [6.45, 7) is 12.5. The molecule has 2 rings (SSSR count). The van der Waals surface area contributed by atoms with E-state index in [9.17, 15) is 9.59 Å². The molecule has 0 saturated heterocycles. The average Bonchev–Trinajstić information content (AvgIpc) is 2.71. The van der Waals surface area contributed by atoms with Gasteiger partial charge in [0.05, 0.1) is 0 Å². The molecule has 32 heavy (non-hydrogen) atoms. The molecule has 0 N–H and O–H groups in total. The summed E-state index contributed by atoms with van der Waals surface area (Å²) in [7, 11) is 0. The molecule has 0 unspecified atom stereocenters. The number of benzene rings is 1. The fourth-order valence-electron chi connectivity index (χ4n) is 3.87. The molecule has 3 heteroatoms. The zero-order valence-electron chi connectivity index (χ0n) is 20.3. The van der Waals surface area contributed by atoms with Crippen LogP contribution in [0.3, 0.4) is 0 Å². The van der Waals surface area contributed by atoms with Crippen molar-refractivity contribution >= 4 is 11.8 Å². The molecule has 1 aliphatic carbocycles. The summed E-state index contributed by atoms with van der Waals surface area (Å²) in [5, 5.41) is 0. The molecule has 0 saturated carbocycles. The molecule has 0 radical (unpaired) electrons. The second-order valence-corrected chi connectivity index (χ2v) is 9.32. The number of rotatable bonds is 8. The monoisotopic (exact) mass is 432 g/mol. The number of esters is 1. The van der Waals surface area contributed by atoms with Gasteiger partial charge in [0.25, 0.3) is 0 Å². The topological polar surface area (TPSA) is 43.4 Å². The molecule has 0 atom stereocenters. The van der Waals surface area contributed by atoms with Crippen molar-refractivity contribution in [2.75, 3.05) is 6.61 Å². The Bertz CT molecular complexity index is 980. The van der Waals surface area contributed by atoms with Gasteiger partial charge in [0.2, 0.25) is 0 Å². The number of Topliss-reactive ketones (excluding diaryl/α,β-unsaturated/α-hetero) is 1. The highest BCUT2D eigenvalue weighted by atomic mass is 16.5. The van der Waals surface area contributed by atoms with Crippen LogP contribution in [0.4, 0.5) is 0 Å². The third-order valence-corrected chi connectivity index (χ3v) is 5.84. The molecule has 1 aromatic carbocycles. The minimum Gasteiger partial charge on any atom is -0.454 e. The number of hydrogen-bond donors (Lipinski definition) is 0. The number of aryl methyl sites for hydroxylation is 1. The standard InChI is InChI=1S/C29H36O3/c1-21(14-17-26-24(4)11-8-18-29(26,5)6)9-7-10-23(3)19-28(31)32-20-27(30)25-15-12-22(2)13-16-25/h7,9-10,12-17,19H,8,11,18,20H2,1-6H3/b10-7+,17-14+,21-9-,23-19+. The maximum atomic E-state index is 12.1. The first kappa shape index (κ1) is 25.3. The normalized spacial score (nSPS) is 17.3. The lowest BCUT2D eigenvalue weighted by atomic mass is 9.72. The van der Waals surface area contributed by atoms with E-state index >= 15 is 0 Å². The van der Waals surface area contributed by atoms with Crippen molar-refractivity contribution in [2.24, 2.45) is 5.41 Å². The van der Waals surface area contributed by atoms with Crippen molar-refractivity contribution in [1.82, 2.24) is 0 Å². The van der Waals surface area contributed by atoms with Crippen LogP contribution in [0, 0.1) is 12.3 Å². The molecule has 0 spiro atoms. The summed E-state index contributed by atoms with van der Waals surface area (Å²) < 4.78 is 5.09. The fourth-order valence-corrected chi connectivity index (χ4v) is 3.87. The number of ether oxygens (including phenoxy) is 1. The zero-order chi connectivity index (χ0) is 23.7. The van der Waals surface area contributed by atoms with Crippen molar-refractivity contribution in [3.8, 4) is 0 Å². The number of ketones is 1. The largest absolute Gasteiger partial charge is 0.454 e. The first-order valence-electron chi connectivity index (χ1n) is 11.3. The molecular weight excluding hydrogens is 396 g/mol. The van der Waals surface area contributed by atoms with Crippen LogP contribution in [-0.4, -0.2) is 18.4 Å². The first-order valence-corrected chi connectivity index (χ1v) is 11.3. The Morgan fingerprint density at radius 3 is 2.38 bits per heavy atom. The smallest absolute Gasteiger partial charge is 0.331 e. The van der Waals surface area contributed by atoms with E-state index in [1.54, 1.807) is 12.1 Å². The zero-order valence-corrected chi connectivity index (χ0v) is 20.3. The van der Waals surface area contributed by atoms with E-state index in [1.807, 2.05) is 44.2 Å². The summed E-state index contributed by atoms with van der Waals surface area (Å²) in [5.41, 5.74) is 6.68. The summed E-state index contributed by atoms with van der Waals surface area (Å²) in [6.07, 6.45) is 15.3. The van der Waals surface area contributed by atoms with Gasteiger partial charge in [-0.2, -0.15) is 0 Å². The molecule has 0 aliphatic heterocycles. The van der Waals surface area contributed by atoms with Crippen LogP contribution in [0.15, 0.2) is 83.0 Å². The fraction of sp³-hybridized carbons (Fsp3) is 0.379. The van der Waals surface area contributed by atoms with E-state index in [1.165, 1.54) is 36.5 Å². The summed E-state index contributed by atoms with van der Waals surface area (Å²) >= 11 is 0. The molecule has 0 bridgehead atoms. The van der Waals surface area contributed by atoms with Crippen LogP contribution < -0.4 is 0 Å². The molecule has 0 fully saturated rings. The van der Waals surface area contributed by atoms with Crippen LogP contribution in [-0.2, 0) is 9.53 Å². The van der Waals surface area contributed by atoms with Crippen LogP contribution >= 0.6 is 0 Å². The predicted molar refractivity (Wildman–Crippen MR) is 133 cm³/mol. The first-order chi connectivity index (χ1) is 15.1. The van der Waals surface area contributed by atoms with Gasteiger partial charge in [-0.1, -0.05) is 85.2 Å². The Kier molecular flexibility index (Phi) is 9.19. The van der Waals surface area contributed by atoms with Gasteiger partial charge in [-0.3, -0.25) is 4.79 Å². The Hall–Kier alpha value is -2.94. The summed E-state index contributed by atoms with van der Waals surface area (Å²) in [6, 6.07) is 7.21. The van der Waals surface area contributed by atoms with Crippen molar-refractivity contribution in [3.63, 3.8) is 0 Å². The van der Waals surface area contributed by atoms with E-state index in [0.717, 1.165) is 16.7 Å². The summed E-state index contributed by atoms with van der Waals surface area (Å²) in [4.78, 5) is 24.1. The Morgan fingerprint density at radius 2 is 1.72 bits per heavy atom. The van der Waals surface area contributed by atoms with E-state index in [2.05, 4.69) is 39.8 Å². The maximum absolute atomic E-state index is 12.1. The molecular formula is C29H36O3. The quantitative estimate of drug-likeness (QED) is 0.188. The highest BCUT2D eigenvalue weighted by molar-refractivity contribution is 5.98. The van der Waals surface area contributed by atoms with Gasteiger partial charge < -0.3 is 4.74 Å². The lowest BCUT2D eigenvalue weighted by Crippen LogP contribution is -2.19. The molecule has 1 aliphatic rings. The average molecular weight is 433 g/mol. The van der Waals surface area contributed by atoms with Crippen LogP contribution in [0.5, 0.6) is 0 Å². The van der Waals surface area contributed by atoms with E-state index in [-0.39, 0.29) is 17.8 Å². The number of carbonyl (C=O) groups is 2. The van der Waals surface area contributed by atoms with E-state index in [0.29, 0.717) is 5.56 Å².